The van der Waals surface area contributed by atoms with Crippen molar-refractivity contribution < 1.29 is 14.7 Å². The van der Waals surface area contributed by atoms with Gasteiger partial charge in [-0.05, 0) is 49.6 Å². The highest BCUT2D eigenvalue weighted by Gasteiger charge is 2.40. The largest absolute Gasteiger partial charge is 0.396 e. The van der Waals surface area contributed by atoms with Crippen LogP contribution >= 0.6 is 11.8 Å². The molecular weight excluding hydrogens is 346 g/mol. The van der Waals surface area contributed by atoms with Crippen molar-refractivity contribution in [3.8, 4) is 0 Å². The molecule has 0 radical (unpaired) electrons. The molecule has 0 fully saturated rings. The van der Waals surface area contributed by atoms with Gasteiger partial charge in [0.05, 0.1) is 22.8 Å². The van der Waals surface area contributed by atoms with Crippen molar-refractivity contribution in [2.24, 2.45) is 0 Å². The van der Waals surface area contributed by atoms with Crippen molar-refractivity contribution in [1.82, 2.24) is 0 Å². The standard InChI is InChI=1S/C21H21NO3S/c1-13-5-4-6-16(12-13)22-20(24)18(19(21(22)25)26-10-9-23)17-8-7-14(2)11-15(17)3/h4-8,11-12,23H,9-10H2,1-3H3. The van der Waals surface area contributed by atoms with Crippen molar-refractivity contribution in [2.75, 3.05) is 17.3 Å². The lowest BCUT2D eigenvalue weighted by atomic mass is 9.98. The zero-order chi connectivity index (χ0) is 18.8. The number of carbonyl (C=O) groups is 2. The van der Waals surface area contributed by atoms with Gasteiger partial charge in [0.2, 0.25) is 0 Å². The van der Waals surface area contributed by atoms with Gasteiger partial charge < -0.3 is 5.11 Å². The molecule has 1 heterocycles. The fourth-order valence-electron chi connectivity index (χ4n) is 3.12. The first-order valence-corrected chi connectivity index (χ1v) is 9.43. The average Bonchev–Trinajstić information content (AvgIpc) is 2.83. The number of aliphatic hydroxyl groups is 1. The Labute approximate surface area is 157 Å². The van der Waals surface area contributed by atoms with Crippen LogP contribution < -0.4 is 4.90 Å². The smallest absolute Gasteiger partial charge is 0.272 e. The Bertz CT molecular complexity index is 917. The number of carbonyl (C=O) groups excluding carboxylic acids is 2. The summed E-state index contributed by atoms with van der Waals surface area (Å²) in [5.74, 6) is -0.272. The van der Waals surface area contributed by atoms with Crippen LogP contribution in [0.1, 0.15) is 22.3 Å². The summed E-state index contributed by atoms with van der Waals surface area (Å²) in [5.41, 5.74) is 4.80. The second-order valence-electron chi connectivity index (χ2n) is 6.38. The van der Waals surface area contributed by atoms with Gasteiger partial charge in [-0.25, -0.2) is 4.90 Å². The number of imide groups is 1. The fourth-order valence-corrected chi connectivity index (χ4v) is 3.98. The van der Waals surface area contributed by atoms with Gasteiger partial charge in [-0.3, -0.25) is 9.59 Å². The maximum absolute atomic E-state index is 13.2. The van der Waals surface area contributed by atoms with E-state index in [1.54, 1.807) is 6.07 Å². The van der Waals surface area contributed by atoms with E-state index in [0.29, 0.717) is 21.9 Å². The lowest BCUT2D eigenvalue weighted by Gasteiger charge is -2.16. The Hall–Kier alpha value is -2.37. The minimum absolute atomic E-state index is 0.0553. The first-order valence-electron chi connectivity index (χ1n) is 8.45. The number of amides is 2. The molecule has 2 amide bonds. The molecule has 2 aromatic carbocycles. The van der Waals surface area contributed by atoms with E-state index in [1.165, 1.54) is 16.7 Å². The zero-order valence-corrected chi connectivity index (χ0v) is 15.9. The summed E-state index contributed by atoms with van der Waals surface area (Å²) in [6.45, 7) is 5.80. The summed E-state index contributed by atoms with van der Waals surface area (Å²) >= 11 is 1.23. The number of anilines is 1. The maximum Gasteiger partial charge on any atom is 0.272 e. The van der Waals surface area contributed by atoms with Crippen molar-refractivity contribution >= 4 is 34.8 Å². The summed E-state index contributed by atoms with van der Waals surface area (Å²) in [5, 5.41) is 9.19. The molecule has 0 atom stereocenters. The van der Waals surface area contributed by atoms with Crippen LogP contribution in [0.2, 0.25) is 0 Å². The molecule has 0 aromatic heterocycles. The zero-order valence-electron chi connectivity index (χ0n) is 15.1. The maximum atomic E-state index is 13.2. The topological polar surface area (TPSA) is 57.6 Å². The van der Waals surface area contributed by atoms with Gasteiger partial charge >= 0.3 is 0 Å². The number of nitrogens with zero attached hydrogens (tertiary/aromatic N) is 1. The van der Waals surface area contributed by atoms with E-state index >= 15 is 0 Å². The fraction of sp³-hybridized carbons (Fsp3) is 0.238. The molecule has 134 valence electrons. The van der Waals surface area contributed by atoms with Crippen LogP contribution in [0.25, 0.3) is 5.57 Å². The Balaban J connectivity index is 2.12. The van der Waals surface area contributed by atoms with E-state index in [-0.39, 0.29) is 18.4 Å². The second-order valence-corrected chi connectivity index (χ2v) is 7.48. The van der Waals surface area contributed by atoms with Gasteiger partial charge in [-0.2, -0.15) is 0 Å². The summed E-state index contributed by atoms with van der Waals surface area (Å²) in [4.78, 5) is 27.9. The summed E-state index contributed by atoms with van der Waals surface area (Å²) in [6, 6.07) is 13.2. The van der Waals surface area contributed by atoms with E-state index < -0.39 is 0 Å². The van der Waals surface area contributed by atoms with Gasteiger partial charge in [0.25, 0.3) is 11.8 Å². The molecule has 0 saturated heterocycles. The van der Waals surface area contributed by atoms with E-state index in [4.69, 9.17) is 0 Å². The molecular formula is C21H21NO3S. The summed E-state index contributed by atoms with van der Waals surface area (Å²) < 4.78 is 0. The third-order valence-corrected chi connectivity index (χ3v) is 5.34. The number of aliphatic hydroxyl groups excluding tert-OH is 1. The van der Waals surface area contributed by atoms with Crippen LogP contribution in [0.15, 0.2) is 47.4 Å². The van der Waals surface area contributed by atoms with E-state index in [0.717, 1.165) is 22.3 Å². The third-order valence-electron chi connectivity index (χ3n) is 4.29. The molecule has 0 aliphatic carbocycles. The molecule has 0 saturated carbocycles. The number of rotatable bonds is 5. The minimum atomic E-state index is -0.325. The molecule has 1 N–H and O–H groups in total. The number of hydrogen-bond acceptors (Lipinski definition) is 4. The molecule has 1 aliphatic rings. The predicted octanol–water partition coefficient (Wildman–Crippen LogP) is 3.62. The second kappa shape index (κ2) is 7.48. The normalized spacial score (nSPS) is 14.5. The Kier molecular flexibility index (Phi) is 5.30. The van der Waals surface area contributed by atoms with Crippen LogP contribution in [0.3, 0.4) is 0 Å². The van der Waals surface area contributed by atoms with Crippen LogP contribution in [0, 0.1) is 20.8 Å². The van der Waals surface area contributed by atoms with E-state index in [2.05, 4.69) is 0 Å². The van der Waals surface area contributed by atoms with Gasteiger partial charge in [-0.15, -0.1) is 11.8 Å². The lowest BCUT2D eigenvalue weighted by molar-refractivity contribution is -0.119. The third kappa shape index (κ3) is 3.32. The first kappa shape index (κ1) is 18.4. The number of hydrogen-bond donors (Lipinski definition) is 1. The van der Waals surface area contributed by atoms with E-state index in [9.17, 15) is 14.7 Å². The highest BCUT2D eigenvalue weighted by Crippen LogP contribution is 2.39. The highest BCUT2D eigenvalue weighted by molar-refractivity contribution is 8.04. The molecule has 4 nitrogen and oxygen atoms in total. The van der Waals surface area contributed by atoms with Crippen LogP contribution in [-0.2, 0) is 9.59 Å². The van der Waals surface area contributed by atoms with E-state index in [1.807, 2.05) is 57.2 Å². The molecule has 0 bridgehead atoms. The van der Waals surface area contributed by atoms with Gasteiger partial charge in [-0.1, -0.05) is 35.9 Å². The highest BCUT2D eigenvalue weighted by atomic mass is 32.2. The number of thioether (sulfide) groups is 1. The SMILES string of the molecule is Cc1cccc(N2C(=O)C(SCCO)=C(c3ccc(C)cc3C)C2=O)c1. The lowest BCUT2D eigenvalue weighted by Crippen LogP contribution is -2.31. The van der Waals surface area contributed by atoms with Crippen LogP contribution in [0.5, 0.6) is 0 Å². The molecule has 0 spiro atoms. The van der Waals surface area contributed by atoms with Crippen molar-refractivity contribution in [1.29, 1.82) is 0 Å². The molecule has 5 heteroatoms. The van der Waals surface area contributed by atoms with Gasteiger partial charge in [0, 0.05) is 5.75 Å². The quantitative estimate of drug-likeness (QED) is 0.820. The average molecular weight is 367 g/mol. The minimum Gasteiger partial charge on any atom is -0.396 e. The van der Waals surface area contributed by atoms with Crippen LogP contribution in [0.4, 0.5) is 5.69 Å². The van der Waals surface area contributed by atoms with Gasteiger partial charge in [0.15, 0.2) is 0 Å². The predicted molar refractivity (Wildman–Crippen MR) is 106 cm³/mol. The Morgan fingerprint density at radius 1 is 0.962 bits per heavy atom. The van der Waals surface area contributed by atoms with Crippen molar-refractivity contribution in [3.05, 3.63) is 69.6 Å². The Morgan fingerprint density at radius 3 is 2.35 bits per heavy atom. The van der Waals surface area contributed by atoms with Crippen molar-refractivity contribution in [3.63, 3.8) is 0 Å². The monoisotopic (exact) mass is 367 g/mol. The van der Waals surface area contributed by atoms with Gasteiger partial charge in [0.1, 0.15) is 0 Å². The first-order chi connectivity index (χ1) is 12.4. The molecule has 3 rings (SSSR count). The summed E-state index contributed by atoms with van der Waals surface area (Å²) in [6.07, 6.45) is 0. The summed E-state index contributed by atoms with van der Waals surface area (Å²) in [7, 11) is 0. The molecule has 0 unspecified atom stereocenters. The van der Waals surface area contributed by atoms with Crippen LogP contribution in [-0.4, -0.2) is 29.3 Å². The molecule has 2 aromatic rings. The Morgan fingerprint density at radius 2 is 1.69 bits per heavy atom. The van der Waals surface area contributed by atoms with Crippen molar-refractivity contribution in [2.45, 2.75) is 20.8 Å². The number of benzene rings is 2. The number of aryl methyl sites for hydroxylation is 3. The molecule has 1 aliphatic heterocycles. The molecule has 26 heavy (non-hydrogen) atoms.